The van der Waals surface area contributed by atoms with Crippen molar-refractivity contribution in [2.24, 2.45) is 0 Å². The summed E-state index contributed by atoms with van der Waals surface area (Å²) in [6.07, 6.45) is 1.31. The van der Waals surface area contributed by atoms with Gasteiger partial charge in [-0.3, -0.25) is 4.79 Å². The molecule has 0 saturated carbocycles. The monoisotopic (exact) mass is 378 g/mol. The van der Waals surface area contributed by atoms with Gasteiger partial charge in [-0.15, -0.1) is 0 Å². The predicted molar refractivity (Wildman–Crippen MR) is 106 cm³/mol. The first-order valence-electron chi connectivity index (χ1n) is 9.43. The highest BCUT2D eigenvalue weighted by atomic mass is 16.2. The Hall–Kier alpha value is -3.35. The summed E-state index contributed by atoms with van der Waals surface area (Å²) in [6, 6.07) is 17.9. The number of nitrogens with one attached hydrogen (secondary N) is 1. The Kier molecular flexibility index (Phi) is 4.97. The Labute approximate surface area is 163 Å². The van der Waals surface area contributed by atoms with E-state index >= 15 is 0 Å². The van der Waals surface area contributed by atoms with Crippen molar-refractivity contribution >= 4 is 29.3 Å². The molecule has 0 aromatic heterocycles. The second-order valence-electron chi connectivity index (χ2n) is 6.99. The maximum atomic E-state index is 12.8. The maximum absolute atomic E-state index is 12.8. The number of anilines is 2. The number of para-hydroxylation sites is 2. The molecule has 2 saturated heterocycles. The van der Waals surface area contributed by atoms with Crippen LogP contribution in [0.2, 0.25) is 0 Å². The predicted octanol–water partition coefficient (Wildman–Crippen LogP) is 3.15. The highest BCUT2D eigenvalue weighted by molar-refractivity contribution is 6.19. The van der Waals surface area contributed by atoms with Gasteiger partial charge in [0, 0.05) is 24.8 Å². The van der Waals surface area contributed by atoms with Crippen LogP contribution in [0, 0.1) is 0 Å². The molecule has 2 aliphatic heterocycles. The summed E-state index contributed by atoms with van der Waals surface area (Å²) in [4.78, 5) is 42.3. The Bertz CT molecular complexity index is 864. The molecule has 7 nitrogen and oxygen atoms in total. The van der Waals surface area contributed by atoms with E-state index < -0.39 is 0 Å². The molecule has 0 spiro atoms. The minimum Gasteiger partial charge on any atom is -0.324 e. The summed E-state index contributed by atoms with van der Waals surface area (Å²) in [6.45, 7) is 1.19. The van der Waals surface area contributed by atoms with Crippen LogP contribution in [-0.4, -0.2) is 53.4 Å². The standard InChI is InChI=1S/C21H22N4O3/c26-19-15-24(21(28)25(19)18-9-5-2-6-10-18)17-11-13-23(14-12-17)20(27)22-16-7-3-1-4-8-16/h1-10,17H,11-15H2,(H,22,27). The lowest BCUT2D eigenvalue weighted by atomic mass is 10.0. The van der Waals surface area contributed by atoms with Crippen molar-refractivity contribution in [3.8, 4) is 0 Å². The number of likely N-dealkylation sites (tertiary alicyclic amines) is 1. The number of hydrogen-bond acceptors (Lipinski definition) is 3. The van der Waals surface area contributed by atoms with Crippen LogP contribution in [0.4, 0.5) is 21.0 Å². The fourth-order valence-electron chi connectivity index (χ4n) is 3.74. The van der Waals surface area contributed by atoms with E-state index in [0.717, 1.165) is 5.69 Å². The van der Waals surface area contributed by atoms with E-state index in [9.17, 15) is 14.4 Å². The fourth-order valence-corrected chi connectivity index (χ4v) is 3.74. The lowest BCUT2D eigenvalue weighted by Gasteiger charge is -2.36. The normalized spacial score (nSPS) is 17.9. The van der Waals surface area contributed by atoms with Crippen LogP contribution in [0.1, 0.15) is 12.8 Å². The first-order chi connectivity index (χ1) is 13.6. The number of rotatable bonds is 3. The molecule has 0 atom stereocenters. The van der Waals surface area contributed by atoms with Crippen molar-refractivity contribution in [2.45, 2.75) is 18.9 Å². The zero-order valence-corrected chi connectivity index (χ0v) is 15.5. The number of carbonyl (C=O) groups excluding carboxylic acids is 3. The van der Waals surface area contributed by atoms with Gasteiger partial charge in [-0.05, 0) is 37.1 Å². The smallest absolute Gasteiger partial charge is 0.324 e. The number of imide groups is 1. The van der Waals surface area contributed by atoms with Crippen molar-refractivity contribution in [3.05, 3.63) is 60.7 Å². The van der Waals surface area contributed by atoms with Crippen LogP contribution in [-0.2, 0) is 4.79 Å². The van der Waals surface area contributed by atoms with Crippen molar-refractivity contribution in [1.82, 2.24) is 9.80 Å². The summed E-state index contributed by atoms with van der Waals surface area (Å²) >= 11 is 0. The zero-order chi connectivity index (χ0) is 19.5. The lowest BCUT2D eigenvalue weighted by molar-refractivity contribution is -0.116. The summed E-state index contributed by atoms with van der Waals surface area (Å²) in [5.41, 5.74) is 1.35. The van der Waals surface area contributed by atoms with E-state index in [1.807, 2.05) is 48.5 Å². The molecule has 0 bridgehead atoms. The average Bonchev–Trinajstić information content (AvgIpc) is 3.03. The molecule has 2 fully saturated rings. The van der Waals surface area contributed by atoms with Gasteiger partial charge in [0.2, 0.25) is 0 Å². The molecule has 2 aromatic rings. The van der Waals surface area contributed by atoms with Crippen molar-refractivity contribution in [3.63, 3.8) is 0 Å². The second-order valence-corrected chi connectivity index (χ2v) is 6.99. The highest BCUT2D eigenvalue weighted by Crippen LogP contribution is 2.26. The van der Waals surface area contributed by atoms with Gasteiger partial charge >= 0.3 is 12.1 Å². The van der Waals surface area contributed by atoms with Gasteiger partial charge in [-0.1, -0.05) is 36.4 Å². The fraction of sp³-hybridized carbons (Fsp3) is 0.286. The van der Waals surface area contributed by atoms with Gasteiger partial charge in [0.15, 0.2) is 0 Å². The molecule has 0 aliphatic carbocycles. The molecular formula is C21H22N4O3. The summed E-state index contributed by atoms with van der Waals surface area (Å²) < 4.78 is 0. The first-order valence-corrected chi connectivity index (χ1v) is 9.43. The van der Waals surface area contributed by atoms with Gasteiger partial charge in [0.1, 0.15) is 6.54 Å². The largest absolute Gasteiger partial charge is 0.332 e. The Balaban J connectivity index is 1.36. The van der Waals surface area contributed by atoms with Crippen molar-refractivity contribution < 1.29 is 14.4 Å². The third-order valence-electron chi connectivity index (χ3n) is 5.22. The number of benzene rings is 2. The number of piperidine rings is 1. The summed E-state index contributed by atoms with van der Waals surface area (Å²) in [5, 5.41) is 2.88. The third-order valence-corrected chi connectivity index (χ3v) is 5.22. The molecule has 1 N–H and O–H groups in total. The summed E-state index contributed by atoms with van der Waals surface area (Å²) in [7, 11) is 0. The van der Waals surface area contributed by atoms with Gasteiger partial charge in [-0.2, -0.15) is 0 Å². The Morgan fingerprint density at radius 2 is 1.50 bits per heavy atom. The van der Waals surface area contributed by atoms with Crippen molar-refractivity contribution in [2.75, 3.05) is 29.9 Å². The van der Waals surface area contributed by atoms with E-state index in [-0.39, 0.29) is 30.6 Å². The highest BCUT2D eigenvalue weighted by Gasteiger charge is 2.41. The van der Waals surface area contributed by atoms with Gasteiger partial charge in [-0.25, -0.2) is 14.5 Å². The quantitative estimate of drug-likeness (QED) is 0.834. The molecule has 7 heteroatoms. The maximum Gasteiger partial charge on any atom is 0.332 e. The van der Waals surface area contributed by atoms with E-state index in [2.05, 4.69) is 5.32 Å². The van der Waals surface area contributed by atoms with E-state index in [1.54, 1.807) is 21.9 Å². The SMILES string of the molecule is O=C(Nc1ccccc1)N1CCC(N2CC(=O)N(c3ccccc3)C2=O)CC1. The van der Waals surface area contributed by atoms with Gasteiger partial charge in [0.25, 0.3) is 5.91 Å². The molecule has 5 amide bonds. The van der Waals surface area contributed by atoms with E-state index in [1.165, 1.54) is 4.90 Å². The topological polar surface area (TPSA) is 73.0 Å². The first kappa shape index (κ1) is 18.0. The lowest BCUT2D eigenvalue weighted by Crippen LogP contribution is -2.49. The molecular weight excluding hydrogens is 356 g/mol. The number of urea groups is 2. The van der Waals surface area contributed by atoms with Crippen LogP contribution in [0.3, 0.4) is 0 Å². The molecule has 2 heterocycles. The third kappa shape index (κ3) is 3.55. The van der Waals surface area contributed by atoms with Crippen LogP contribution >= 0.6 is 0 Å². The second kappa shape index (κ2) is 7.72. The van der Waals surface area contributed by atoms with Gasteiger partial charge in [0.05, 0.1) is 5.69 Å². The number of nitrogens with zero attached hydrogens (tertiary/aromatic N) is 3. The number of carbonyl (C=O) groups is 3. The summed E-state index contributed by atoms with van der Waals surface area (Å²) in [5.74, 6) is -0.208. The molecule has 0 radical (unpaired) electrons. The van der Waals surface area contributed by atoms with Crippen LogP contribution in [0.25, 0.3) is 0 Å². The Morgan fingerprint density at radius 3 is 2.14 bits per heavy atom. The Morgan fingerprint density at radius 1 is 0.893 bits per heavy atom. The molecule has 4 rings (SSSR count). The van der Waals surface area contributed by atoms with Crippen LogP contribution in [0.15, 0.2) is 60.7 Å². The molecule has 144 valence electrons. The van der Waals surface area contributed by atoms with E-state index in [0.29, 0.717) is 31.6 Å². The van der Waals surface area contributed by atoms with E-state index in [4.69, 9.17) is 0 Å². The number of amides is 5. The van der Waals surface area contributed by atoms with Crippen molar-refractivity contribution in [1.29, 1.82) is 0 Å². The van der Waals surface area contributed by atoms with Crippen LogP contribution < -0.4 is 10.2 Å². The van der Waals surface area contributed by atoms with Crippen LogP contribution in [0.5, 0.6) is 0 Å². The molecule has 0 unspecified atom stereocenters. The average molecular weight is 378 g/mol. The molecule has 2 aliphatic rings. The minimum absolute atomic E-state index is 0.0362. The molecule has 28 heavy (non-hydrogen) atoms. The number of hydrogen-bond donors (Lipinski definition) is 1. The zero-order valence-electron chi connectivity index (χ0n) is 15.5. The molecule has 2 aromatic carbocycles. The minimum atomic E-state index is -0.275. The van der Waals surface area contributed by atoms with Gasteiger partial charge < -0.3 is 15.1 Å².